The van der Waals surface area contributed by atoms with Gasteiger partial charge in [-0.1, -0.05) is 39.5 Å². The normalized spacial score (nSPS) is 45.3. The molecule has 1 aliphatic heterocycles. The first-order valence-electron chi connectivity index (χ1n) is 11.9. The number of halogens is 1. The van der Waals surface area contributed by atoms with Gasteiger partial charge < -0.3 is 9.84 Å². The molecular weight excluding hydrogens is 391 g/mol. The average molecular weight is 433 g/mol. The van der Waals surface area contributed by atoms with Gasteiger partial charge in [0.1, 0.15) is 6.17 Å². The molecule has 2 saturated carbocycles. The molecule has 1 heterocycles. The molecule has 0 bridgehead atoms. The molecule has 1 saturated heterocycles. The van der Waals surface area contributed by atoms with Crippen LogP contribution in [0.3, 0.4) is 0 Å². The van der Waals surface area contributed by atoms with Crippen LogP contribution in [0.1, 0.15) is 84.5 Å². The minimum absolute atomic E-state index is 0.00701. The van der Waals surface area contributed by atoms with Crippen molar-refractivity contribution in [1.29, 1.82) is 0 Å². The fraction of sp³-hybridized carbons (Fsp3) is 1.00. The molecule has 5 unspecified atom stereocenters. The zero-order valence-electron chi connectivity index (χ0n) is 18.5. The summed E-state index contributed by atoms with van der Waals surface area (Å²) in [7, 11) is -1.68. The van der Waals surface area contributed by atoms with Crippen molar-refractivity contribution in [3.05, 3.63) is 0 Å². The van der Waals surface area contributed by atoms with E-state index in [0.29, 0.717) is 32.1 Å². The molecule has 3 aliphatic rings. The maximum absolute atomic E-state index is 15.2. The molecule has 0 aromatic heterocycles. The topological polar surface area (TPSA) is 63.6 Å². The number of aliphatic hydroxyl groups is 1. The van der Waals surface area contributed by atoms with Crippen molar-refractivity contribution in [3.63, 3.8) is 0 Å². The molecule has 4 nitrogen and oxygen atoms in total. The number of sulfone groups is 1. The summed E-state index contributed by atoms with van der Waals surface area (Å²) in [5.74, 6) is -0.674. The summed E-state index contributed by atoms with van der Waals surface area (Å²) in [5.41, 5.74) is -0.656. The fourth-order valence-electron chi connectivity index (χ4n) is 6.77. The predicted octanol–water partition coefficient (Wildman–Crippen LogP) is 4.69. The van der Waals surface area contributed by atoms with E-state index in [4.69, 9.17) is 4.74 Å². The predicted molar refractivity (Wildman–Crippen MR) is 114 cm³/mol. The van der Waals surface area contributed by atoms with Gasteiger partial charge >= 0.3 is 0 Å². The molecule has 0 spiro atoms. The number of alkyl halides is 1. The van der Waals surface area contributed by atoms with Gasteiger partial charge in [0.25, 0.3) is 0 Å². The molecule has 0 aromatic rings. The van der Waals surface area contributed by atoms with E-state index in [1.165, 1.54) is 0 Å². The Morgan fingerprint density at radius 1 is 1.10 bits per heavy atom. The third kappa shape index (κ3) is 4.55. The van der Waals surface area contributed by atoms with Crippen LogP contribution < -0.4 is 0 Å². The summed E-state index contributed by atoms with van der Waals surface area (Å²) < 4.78 is 48.0. The van der Waals surface area contributed by atoms with Crippen LogP contribution in [0.15, 0.2) is 0 Å². The lowest BCUT2D eigenvalue weighted by molar-refractivity contribution is -0.0888. The zero-order valence-corrected chi connectivity index (χ0v) is 19.3. The van der Waals surface area contributed by atoms with Crippen LogP contribution in [-0.4, -0.2) is 50.0 Å². The average Bonchev–Trinajstić information content (AvgIpc) is 2.78. The number of hydrogen-bond acceptors (Lipinski definition) is 4. The van der Waals surface area contributed by atoms with Gasteiger partial charge in [0, 0.05) is 12.5 Å². The number of unbranched alkanes of at least 4 members (excludes halogenated alkanes) is 1. The molecule has 6 heteroatoms. The van der Waals surface area contributed by atoms with Gasteiger partial charge in [0.15, 0.2) is 9.84 Å². The molecule has 170 valence electrons. The molecule has 0 amide bonds. The smallest absolute Gasteiger partial charge is 0.154 e. The molecule has 1 N–H and O–H groups in total. The standard InChI is InChI=1S/C23H41FO4S/c1-4-6-13-23(5-2)15-29(26,27)20-12-11-16(28-3)14-18(20)21(22(23)25)17-9-7-8-10-19(17)24/h16-22,25H,4-15H2,1-3H3/t16?,17?,18?,19?,20?,21-,22-,23-/m1/s1. The van der Waals surface area contributed by atoms with E-state index in [2.05, 4.69) is 6.92 Å². The quantitative estimate of drug-likeness (QED) is 0.661. The van der Waals surface area contributed by atoms with E-state index in [9.17, 15) is 13.5 Å². The molecular formula is C23H41FO4S. The van der Waals surface area contributed by atoms with Crippen LogP contribution in [0, 0.1) is 23.2 Å². The summed E-state index contributed by atoms with van der Waals surface area (Å²) in [5, 5.41) is 11.4. The lowest BCUT2D eigenvalue weighted by Crippen LogP contribution is -2.50. The van der Waals surface area contributed by atoms with Crippen molar-refractivity contribution in [2.45, 2.75) is 108 Å². The van der Waals surface area contributed by atoms with Crippen LogP contribution in [0.25, 0.3) is 0 Å². The second kappa shape index (κ2) is 9.52. The first-order valence-corrected chi connectivity index (χ1v) is 13.6. The molecule has 3 fully saturated rings. The van der Waals surface area contributed by atoms with Gasteiger partial charge in [-0.25, -0.2) is 12.8 Å². The van der Waals surface area contributed by atoms with E-state index in [-0.39, 0.29) is 29.6 Å². The van der Waals surface area contributed by atoms with Gasteiger partial charge in [-0.05, 0) is 62.7 Å². The Balaban J connectivity index is 2.08. The van der Waals surface area contributed by atoms with Crippen LogP contribution in [0.5, 0.6) is 0 Å². The number of methoxy groups -OCH3 is 1. The summed E-state index contributed by atoms with van der Waals surface area (Å²) in [6, 6.07) is 0. The van der Waals surface area contributed by atoms with Gasteiger partial charge in [-0.3, -0.25) is 0 Å². The molecule has 3 rings (SSSR count). The number of aliphatic hydroxyl groups excluding tert-OH is 1. The highest BCUT2D eigenvalue weighted by Crippen LogP contribution is 2.53. The highest BCUT2D eigenvalue weighted by molar-refractivity contribution is 7.92. The zero-order chi connectivity index (χ0) is 21.2. The molecule has 0 aromatic carbocycles. The van der Waals surface area contributed by atoms with Crippen molar-refractivity contribution in [2.75, 3.05) is 12.9 Å². The highest BCUT2D eigenvalue weighted by Gasteiger charge is 2.57. The maximum Gasteiger partial charge on any atom is 0.154 e. The van der Waals surface area contributed by atoms with Crippen molar-refractivity contribution in [2.24, 2.45) is 23.2 Å². The van der Waals surface area contributed by atoms with E-state index in [0.717, 1.165) is 38.5 Å². The Hall–Kier alpha value is -0.200. The van der Waals surface area contributed by atoms with Crippen molar-refractivity contribution in [1.82, 2.24) is 0 Å². The monoisotopic (exact) mass is 432 g/mol. The van der Waals surface area contributed by atoms with Crippen LogP contribution in [0.4, 0.5) is 4.39 Å². The van der Waals surface area contributed by atoms with Gasteiger partial charge in [-0.2, -0.15) is 0 Å². The lowest BCUT2D eigenvalue weighted by Gasteiger charge is -2.47. The van der Waals surface area contributed by atoms with Crippen LogP contribution in [0.2, 0.25) is 0 Å². The Kier molecular flexibility index (Phi) is 7.70. The van der Waals surface area contributed by atoms with E-state index in [1.807, 2.05) is 6.92 Å². The largest absolute Gasteiger partial charge is 0.392 e. The van der Waals surface area contributed by atoms with Crippen LogP contribution in [-0.2, 0) is 14.6 Å². The number of ether oxygens (including phenoxy) is 1. The number of rotatable bonds is 6. The Morgan fingerprint density at radius 2 is 1.83 bits per heavy atom. The summed E-state index contributed by atoms with van der Waals surface area (Å²) in [6.45, 7) is 4.10. The highest BCUT2D eigenvalue weighted by atomic mass is 32.2. The van der Waals surface area contributed by atoms with Crippen molar-refractivity contribution in [3.8, 4) is 0 Å². The van der Waals surface area contributed by atoms with Crippen LogP contribution >= 0.6 is 0 Å². The van der Waals surface area contributed by atoms with Gasteiger partial charge in [0.2, 0.25) is 0 Å². The lowest BCUT2D eigenvalue weighted by atomic mass is 9.60. The first kappa shape index (κ1) is 23.5. The Bertz CT molecular complexity index is 639. The summed E-state index contributed by atoms with van der Waals surface area (Å²) >= 11 is 0. The molecule has 0 radical (unpaired) electrons. The fourth-order valence-corrected chi connectivity index (χ4v) is 9.63. The summed E-state index contributed by atoms with van der Waals surface area (Å²) in [4.78, 5) is 0. The van der Waals surface area contributed by atoms with E-state index < -0.39 is 32.8 Å². The maximum atomic E-state index is 15.2. The minimum Gasteiger partial charge on any atom is -0.392 e. The second-order valence-corrected chi connectivity index (χ2v) is 12.2. The third-order valence-corrected chi connectivity index (χ3v) is 11.0. The van der Waals surface area contributed by atoms with Crippen molar-refractivity contribution < 1.29 is 22.7 Å². The Morgan fingerprint density at radius 3 is 2.45 bits per heavy atom. The van der Waals surface area contributed by atoms with Gasteiger partial charge in [0.05, 0.1) is 23.2 Å². The molecule has 2 aliphatic carbocycles. The van der Waals surface area contributed by atoms with E-state index in [1.54, 1.807) is 7.11 Å². The van der Waals surface area contributed by atoms with Crippen molar-refractivity contribution >= 4 is 9.84 Å². The SMILES string of the molecule is CCCC[C@]1(CC)CS(=O)(=O)C2CCC(OC)CC2[C@@H](C2CCCCC2F)[C@H]1O. The van der Waals surface area contributed by atoms with Gasteiger partial charge in [-0.15, -0.1) is 0 Å². The minimum atomic E-state index is -3.36. The summed E-state index contributed by atoms with van der Waals surface area (Å²) in [6.07, 6.45) is 6.60. The second-order valence-electron chi connectivity index (χ2n) is 9.99. The molecule has 29 heavy (non-hydrogen) atoms. The number of hydrogen-bond donors (Lipinski definition) is 1. The first-order chi connectivity index (χ1) is 13.8. The third-order valence-electron chi connectivity index (χ3n) is 8.51. The van der Waals surface area contributed by atoms with E-state index >= 15 is 4.39 Å². The number of fused-ring (bicyclic) bond motifs is 1. The molecule has 8 atom stereocenters. The Labute approximate surface area is 176 Å².